The fraction of sp³-hybridized carbons (Fsp3) is 0.423. The maximum Gasteiger partial charge on any atom is 0.326 e. The van der Waals surface area contributed by atoms with Gasteiger partial charge in [-0.25, -0.2) is 4.79 Å². The van der Waals surface area contributed by atoms with Crippen LogP contribution in [-0.4, -0.2) is 53.1 Å². The quantitative estimate of drug-likeness (QED) is 0.598. The molecule has 2 N–H and O–H groups in total. The Morgan fingerprint density at radius 3 is 2.36 bits per heavy atom. The van der Waals surface area contributed by atoms with E-state index < -0.39 is 30.1 Å². The van der Waals surface area contributed by atoms with E-state index in [2.05, 4.69) is 5.32 Å². The van der Waals surface area contributed by atoms with Gasteiger partial charge in [-0.15, -0.1) is 0 Å². The highest BCUT2D eigenvalue weighted by atomic mass is 16.5. The highest BCUT2D eigenvalue weighted by Gasteiger charge is 2.37. The van der Waals surface area contributed by atoms with Crippen molar-refractivity contribution in [2.75, 3.05) is 7.11 Å². The molecule has 0 saturated carbocycles. The van der Waals surface area contributed by atoms with E-state index in [0.717, 1.165) is 27.8 Å². The van der Waals surface area contributed by atoms with Crippen molar-refractivity contribution in [1.82, 2.24) is 10.2 Å². The Bertz CT molecular complexity index is 1020. The summed E-state index contributed by atoms with van der Waals surface area (Å²) in [7, 11) is 1.32. The van der Waals surface area contributed by atoms with Gasteiger partial charge in [-0.1, -0.05) is 42.5 Å². The topological polar surface area (TPSA) is 95.9 Å². The zero-order valence-corrected chi connectivity index (χ0v) is 19.6. The molecular formula is C26H32N2O5. The summed E-state index contributed by atoms with van der Waals surface area (Å²) in [4.78, 5) is 39.1. The SMILES string of the molecule is COC(=O)C(CCc1ccccc1)NC(C)C(=O)N1Cc2cc(C)c(C)cc2CC1C(=O)O. The van der Waals surface area contributed by atoms with Crippen molar-refractivity contribution in [3.8, 4) is 0 Å². The Hall–Kier alpha value is -3.19. The molecule has 0 fully saturated rings. The van der Waals surface area contributed by atoms with Crippen LogP contribution in [0.25, 0.3) is 0 Å². The summed E-state index contributed by atoms with van der Waals surface area (Å²) >= 11 is 0. The van der Waals surface area contributed by atoms with Crippen LogP contribution in [-0.2, 0) is 38.5 Å². The van der Waals surface area contributed by atoms with Gasteiger partial charge in [0.2, 0.25) is 5.91 Å². The molecule has 1 heterocycles. The average Bonchev–Trinajstić information content (AvgIpc) is 2.81. The number of ether oxygens (including phenoxy) is 1. The number of carbonyl (C=O) groups excluding carboxylic acids is 2. The third-order valence-electron chi connectivity index (χ3n) is 6.39. The van der Waals surface area contributed by atoms with Crippen molar-refractivity contribution < 1.29 is 24.2 Å². The van der Waals surface area contributed by atoms with Crippen molar-refractivity contribution in [3.05, 3.63) is 70.3 Å². The Morgan fingerprint density at radius 2 is 1.76 bits per heavy atom. The first-order chi connectivity index (χ1) is 15.7. The van der Waals surface area contributed by atoms with E-state index in [1.807, 2.05) is 56.3 Å². The van der Waals surface area contributed by atoms with Crippen molar-refractivity contribution >= 4 is 17.8 Å². The number of methoxy groups -OCH3 is 1. The van der Waals surface area contributed by atoms with Crippen LogP contribution in [0.3, 0.4) is 0 Å². The van der Waals surface area contributed by atoms with Crippen LogP contribution in [0.2, 0.25) is 0 Å². The first-order valence-corrected chi connectivity index (χ1v) is 11.2. The lowest BCUT2D eigenvalue weighted by Gasteiger charge is -2.37. The third kappa shape index (κ3) is 5.79. The van der Waals surface area contributed by atoms with Gasteiger partial charge in [0.15, 0.2) is 0 Å². The number of aryl methyl sites for hydroxylation is 3. The van der Waals surface area contributed by atoms with Gasteiger partial charge in [0.25, 0.3) is 0 Å². The van der Waals surface area contributed by atoms with Gasteiger partial charge in [0.05, 0.1) is 13.2 Å². The molecule has 176 valence electrons. The number of hydrogen-bond acceptors (Lipinski definition) is 5. The van der Waals surface area contributed by atoms with Crippen LogP contribution in [0.1, 0.15) is 41.2 Å². The molecule has 0 radical (unpaired) electrons. The minimum absolute atomic E-state index is 0.227. The van der Waals surface area contributed by atoms with E-state index in [0.29, 0.717) is 12.8 Å². The summed E-state index contributed by atoms with van der Waals surface area (Å²) in [5, 5.41) is 12.9. The van der Waals surface area contributed by atoms with Crippen molar-refractivity contribution in [2.24, 2.45) is 0 Å². The number of rotatable bonds is 8. The van der Waals surface area contributed by atoms with E-state index >= 15 is 0 Å². The maximum absolute atomic E-state index is 13.3. The molecule has 3 rings (SSSR count). The highest BCUT2D eigenvalue weighted by molar-refractivity contribution is 5.88. The number of amides is 1. The van der Waals surface area contributed by atoms with Crippen molar-refractivity contribution in [1.29, 1.82) is 0 Å². The number of benzene rings is 2. The molecule has 0 bridgehead atoms. The molecule has 1 amide bonds. The number of nitrogens with one attached hydrogen (secondary N) is 1. The summed E-state index contributed by atoms with van der Waals surface area (Å²) in [6, 6.07) is 11.4. The van der Waals surface area contributed by atoms with Crippen molar-refractivity contribution in [3.63, 3.8) is 0 Å². The minimum atomic E-state index is -1.03. The van der Waals surface area contributed by atoms with Gasteiger partial charge >= 0.3 is 11.9 Å². The zero-order valence-electron chi connectivity index (χ0n) is 19.6. The second-order valence-corrected chi connectivity index (χ2v) is 8.72. The molecule has 0 saturated heterocycles. The molecule has 33 heavy (non-hydrogen) atoms. The predicted molar refractivity (Wildman–Crippen MR) is 125 cm³/mol. The molecule has 0 spiro atoms. The van der Waals surface area contributed by atoms with Crippen LogP contribution in [0.15, 0.2) is 42.5 Å². The number of esters is 1. The monoisotopic (exact) mass is 452 g/mol. The molecule has 7 heteroatoms. The smallest absolute Gasteiger partial charge is 0.326 e. The summed E-state index contributed by atoms with van der Waals surface area (Å²) in [6.07, 6.45) is 1.36. The van der Waals surface area contributed by atoms with E-state index in [-0.39, 0.29) is 18.9 Å². The molecule has 1 aliphatic heterocycles. The van der Waals surface area contributed by atoms with Gasteiger partial charge in [0, 0.05) is 13.0 Å². The number of hydrogen-bond donors (Lipinski definition) is 2. The maximum atomic E-state index is 13.3. The zero-order chi connectivity index (χ0) is 24.1. The van der Waals surface area contributed by atoms with E-state index in [1.165, 1.54) is 12.0 Å². The van der Waals surface area contributed by atoms with E-state index in [9.17, 15) is 19.5 Å². The fourth-order valence-corrected chi connectivity index (χ4v) is 4.33. The van der Waals surface area contributed by atoms with Crippen LogP contribution in [0.5, 0.6) is 0 Å². The lowest BCUT2D eigenvalue weighted by atomic mass is 9.90. The van der Waals surface area contributed by atoms with Gasteiger partial charge in [-0.2, -0.15) is 0 Å². The number of carbonyl (C=O) groups is 3. The fourth-order valence-electron chi connectivity index (χ4n) is 4.33. The average molecular weight is 453 g/mol. The second-order valence-electron chi connectivity index (χ2n) is 8.72. The Labute approximate surface area is 194 Å². The largest absolute Gasteiger partial charge is 0.480 e. The molecule has 0 aromatic heterocycles. The molecule has 2 aromatic carbocycles. The molecule has 2 aromatic rings. The van der Waals surface area contributed by atoms with Crippen LogP contribution < -0.4 is 5.32 Å². The number of fused-ring (bicyclic) bond motifs is 1. The molecule has 7 nitrogen and oxygen atoms in total. The molecule has 3 unspecified atom stereocenters. The van der Waals surface area contributed by atoms with Crippen LogP contribution in [0, 0.1) is 13.8 Å². The molecular weight excluding hydrogens is 420 g/mol. The second kappa shape index (κ2) is 10.6. The van der Waals surface area contributed by atoms with Crippen molar-refractivity contribution in [2.45, 2.75) is 64.7 Å². The summed E-state index contributed by atoms with van der Waals surface area (Å²) < 4.78 is 4.94. The molecule has 0 aliphatic carbocycles. The van der Waals surface area contributed by atoms with Crippen LogP contribution in [0.4, 0.5) is 0 Å². The van der Waals surface area contributed by atoms with Gasteiger partial charge in [0.1, 0.15) is 12.1 Å². The third-order valence-corrected chi connectivity index (χ3v) is 6.39. The normalized spacial score (nSPS) is 17.1. The van der Waals surface area contributed by atoms with Crippen LogP contribution >= 0.6 is 0 Å². The molecule has 3 atom stereocenters. The minimum Gasteiger partial charge on any atom is -0.480 e. The molecule has 1 aliphatic rings. The van der Waals surface area contributed by atoms with Gasteiger partial charge < -0.3 is 14.7 Å². The van der Waals surface area contributed by atoms with E-state index in [1.54, 1.807) is 6.92 Å². The summed E-state index contributed by atoms with van der Waals surface area (Å²) in [5.41, 5.74) is 5.21. The predicted octanol–water partition coefficient (Wildman–Crippen LogP) is 2.79. The summed E-state index contributed by atoms with van der Waals surface area (Å²) in [6.45, 7) is 5.89. The highest BCUT2D eigenvalue weighted by Crippen LogP contribution is 2.27. The Morgan fingerprint density at radius 1 is 1.12 bits per heavy atom. The Balaban J connectivity index is 1.75. The van der Waals surface area contributed by atoms with E-state index in [4.69, 9.17) is 4.74 Å². The lowest BCUT2D eigenvalue weighted by molar-refractivity contribution is -0.153. The first-order valence-electron chi connectivity index (χ1n) is 11.2. The first kappa shape index (κ1) is 24.5. The number of carboxylic acids is 1. The number of nitrogens with zero attached hydrogens (tertiary/aromatic N) is 1. The number of carboxylic acid groups (broad SMARTS) is 1. The standard InChI is InChI=1S/C26H32N2O5/c1-16-12-20-14-23(25(30)31)28(15-21(20)13-17(16)2)24(29)18(3)27-22(26(32)33-4)11-10-19-8-6-5-7-9-19/h5-9,12-13,18,22-23,27H,10-11,14-15H2,1-4H3,(H,30,31). The lowest BCUT2D eigenvalue weighted by Crippen LogP contribution is -2.56. The Kier molecular flexibility index (Phi) is 7.87. The van der Waals surface area contributed by atoms with Gasteiger partial charge in [-0.3, -0.25) is 14.9 Å². The van der Waals surface area contributed by atoms with Gasteiger partial charge in [-0.05, 0) is 61.4 Å². The summed E-state index contributed by atoms with van der Waals surface area (Å²) in [5.74, 6) is -1.83. The number of aliphatic carboxylic acids is 1.